The van der Waals surface area contributed by atoms with Crippen LogP contribution in [0.2, 0.25) is 0 Å². The van der Waals surface area contributed by atoms with Crippen LogP contribution in [0, 0.1) is 0 Å². The summed E-state index contributed by atoms with van der Waals surface area (Å²) >= 11 is 0. The highest BCUT2D eigenvalue weighted by molar-refractivity contribution is 5.95. The van der Waals surface area contributed by atoms with Gasteiger partial charge in [-0.05, 0) is 35.6 Å². The van der Waals surface area contributed by atoms with Crippen LogP contribution in [0.3, 0.4) is 0 Å². The number of carbonyl (C=O) groups is 2. The van der Waals surface area contributed by atoms with E-state index >= 15 is 0 Å². The monoisotopic (exact) mass is 310 g/mol. The molecule has 2 aromatic rings. The summed E-state index contributed by atoms with van der Waals surface area (Å²) in [7, 11) is 0. The Kier molecular flexibility index (Phi) is 6.03. The first-order valence-corrected chi connectivity index (χ1v) is 7.88. The molecule has 1 heterocycles. The lowest BCUT2D eigenvalue weighted by Crippen LogP contribution is -2.18. The van der Waals surface area contributed by atoms with Crippen LogP contribution in [-0.2, 0) is 17.8 Å². The Bertz CT molecular complexity index is 678. The molecule has 0 atom stereocenters. The van der Waals surface area contributed by atoms with Crippen molar-refractivity contribution >= 4 is 11.7 Å². The molecule has 0 aliphatic carbocycles. The normalized spacial score (nSPS) is 10.3. The zero-order valence-corrected chi connectivity index (χ0v) is 13.6. The number of hydrogen-bond acceptors (Lipinski definition) is 3. The molecule has 0 unspecified atom stereocenters. The molecule has 4 nitrogen and oxygen atoms in total. The van der Waals surface area contributed by atoms with E-state index in [1.165, 1.54) is 6.92 Å². The molecule has 2 rings (SSSR count). The van der Waals surface area contributed by atoms with Crippen LogP contribution in [0.4, 0.5) is 0 Å². The van der Waals surface area contributed by atoms with Crippen LogP contribution in [0.25, 0.3) is 0 Å². The Morgan fingerprint density at radius 1 is 1.04 bits per heavy atom. The third-order valence-corrected chi connectivity index (χ3v) is 3.57. The number of carbonyl (C=O) groups excluding carboxylic acids is 2. The Labute approximate surface area is 137 Å². The SMILES string of the molecule is CCCC(=O)c1cncc(Cc2ccc(CNC(C)=O)cc2)c1. The maximum Gasteiger partial charge on any atom is 0.217 e. The molecule has 120 valence electrons. The number of rotatable bonds is 7. The molecule has 0 bridgehead atoms. The maximum absolute atomic E-state index is 11.9. The molecular formula is C19H22N2O2. The number of nitrogens with zero attached hydrogens (tertiary/aromatic N) is 1. The van der Waals surface area contributed by atoms with Gasteiger partial charge in [-0.15, -0.1) is 0 Å². The summed E-state index contributed by atoms with van der Waals surface area (Å²) in [6, 6.07) is 10.0. The van der Waals surface area contributed by atoms with E-state index in [1.54, 1.807) is 12.4 Å². The highest BCUT2D eigenvalue weighted by atomic mass is 16.1. The number of ketones is 1. The minimum Gasteiger partial charge on any atom is -0.352 e. The van der Waals surface area contributed by atoms with Crippen molar-refractivity contribution in [2.75, 3.05) is 0 Å². The molecule has 0 saturated carbocycles. The van der Waals surface area contributed by atoms with Gasteiger partial charge in [-0.1, -0.05) is 31.2 Å². The number of aromatic nitrogens is 1. The first-order valence-electron chi connectivity index (χ1n) is 7.88. The lowest BCUT2D eigenvalue weighted by Gasteiger charge is -2.06. The molecule has 0 spiro atoms. The number of pyridine rings is 1. The molecule has 23 heavy (non-hydrogen) atoms. The average Bonchev–Trinajstić information content (AvgIpc) is 2.55. The summed E-state index contributed by atoms with van der Waals surface area (Å²) in [5.41, 5.74) is 3.93. The van der Waals surface area contributed by atoms with Gasteiger partial charge in [-0.3, -0.25) is 14.6 Å². The zero-order valence-electron chi connectivity index (χ0n) is 13.6. The Balaban J connectivity index is 2.03. The first kappa shape index (κ1) is 16.9. The molecule has 1 aromatic heterocycles. The summed E-state index contributed by atoms with van der Waals surface area (Å²) in [4.78, 5) is 27.0. The second-order valence-corrected chi connectivity index (χ2v) is 5.66. The van der Waals surface area contributed by atoms with Gasteiger partial charge in [0.2, 0.25) is 5.91 Å². The van der Waals surface area contributed by atoms with Gasteiger partial charge >= 0.3 is 0 Å². The summed E-state index contributed by atoms with van der Waals surface area (Å²) in [5, 5.41) is 2.78. The van der Waals surface area contributed by atoms with Gasteiger partial charge in [-0.2, -0.15) is 0 Å². The van der Waals surface area contributed by atoms with Crippen molar-refractivity contribution in [2.24, 2.45) is 0 Å². The van der Waals surface area contributed by atoms with Crippen molar-refractivity contribution in [1.29, 1.82) is 0 Å². The standard InChI is InChI=1S/C19H22N2O2/c1-3-4-19(23)18-10-17(11-20-13-18)9-15-5-7-16(8-6-15)12-21-14(2)22/h5-8,10-11,13H,3-4,9,12H2,1-2H3,(H,21,22). The van der Waals surface area contributed by atoms with Crippen LogP contribution in [0.15, 0.2) is 42.7 Å². The fourth-order valence-corrected chi connectivity index (χ4v) is 2.35. The Morgan fingerprint density at radius 2 is 1.74 bits per heavy atom. The van der Waals surface area contributed by atoms with E-state index < -0.39 is 0 Å². The number of amides is 1. The van der Waals surface area contributed by atoms with Crippen LogP contribution < -0.4 is 5.32 Å². The first-order chi connectivity index (χ1) is 11.1. The van der Waals surface area contributed by atoms with Crippen molar-refractivity contribution in [3.8, 4) is 0 Å². The second-order valence-electron chi connectivity index (χ2n) is 5.66. The quantitative estimate of drug-likeness (QED) is 0.798. The summed E-state index contributed by atoms with van der Waals surface area (Å²) in [6.07, 6.45) is 5.58. The number of nitrogens with one attached hydrogen (secondary N) is 1. The molecule has 1 N–H and O–H groups in total. The topological polar surface area (TPSA) is 59.1 Å². The number of benzene rings is 1. The molecule has 0 radical (unpaired) electrons. The predicted molar refractivity (Wildman–Crippen MR) is 90.2 cm³/mol. The second kappa shape index (κ2) is 8.22. The number of hydrogen-bond donors (Lipinski definition) is 1. The van der Waals surface area contributed by atoms with E-state index in [2.05, 4.69) is 10.3 Å². The Morgan fingerprint density at radius 3 is 2.39 bits per heavy atom. The fourth-order valence-electron chi connectivity index (χ4n) is 2.35. The van der Waals surface area contributed by atoms with Gasteiger partial charge in [0.05, 0.1) is 0 Å². The van der Waals surface area contributed by atoms with Crippen molar-refractivity contribution in [2.45, 2.75) is 39.7 Å². The summed E-state index contributed by atoms with van der Waals surface area (Å²) in [5.74, 6) is 0.112. The predicted octanol–water partition coefficient (Wildman–Crippen LogP) is 3.29. The molecule has 0 aliphatic rings. The van der Waals surface area contributed by atoms with Crippen molar-refractivity contribution in [1.82, 2.24) is 10.3 Å². The van der Waals surface area contributed by atoms with Gasteiger partial charge in [-0.25, -0.2) is 0 Å². The molecule has 4 heteroatoms. The highest BCUT2D eigenvalue weighted by Crippen LogP contribution is 2.13. The van der Waals surface area contributed by atoms with Crippen molar-refractivity contribution < 1.29 is 9.59 Å². The minimum absolute atomic E-state index is 0.0336. The van der Waals surface area contributed by atoms with Crippen LogP contribution >= 0.6 is 0 Å². The minimum atomic E-state index is -0.0336. The van der Waals surface area contributed by atoms with Crippen molar-refractivity contribution in [3.63, 3.8) is 0 Å². The molecule has 0 fully saturated rings. The average molecular weight is 310 g/mol. The van der Waals surface area contributed by atoms with E-state index in [9.17, 15) is 9.59 Å². The van der Waals surface area contributed by atoms with Crippen molar-refractivity contribution in [3.05, 3.63) is 65.0 Å². The molecular weight excluding hydrogens is 288 g/mol. The molecule has 1 aromatic carbocycles. The van der Waals surface area contributed by atoms with Gasteiger partial charge in [0.1, 0.15) is 0 Å². The third kappa shape index (κ3) is 5.33. The highest BCUT2D eigenvalue weighted by Gasteiger charge is 2.06. The van der Waals surface area contributed by atoms with Crippen LogP contribution in [-0.4, -0.2) is 16.7 Å². The maximum atomic E-state index is 11.9. The molecule has 0 saturated heterocycles. The van der Waals surface area contributed by atoms with Crippen LogP contribution in [0.5, 0.6) is 0 Å². The zero-order chi connectivity index (χ0) is 16.7. The van der Waals surface area contributed by atoms with Gasteiger partial charge in [0.15, 0.2) is 5.78 Å². The van der Waals surface area contributed by atoms with Gasteiger partial charge in [0.25, 0.3) is 0 Å². The summed E-state index contributed by atoms with van der Waals surface area (Å²) < 4.78 is 0. The van der Waals surface area contributed by atoms with E-state index in [-0.39, 0.29) is 11.7 Å². The third-order valence-electron chi connectivity index (χ3n) is 3.57. The number of Topliss-reactive ketones (excluding diaryl/α,β-unsaturated/α-hetero) is 1. The van der Waals surface area contributed by atoms with E-state index in [0.29, 0.717) is 18.5 Å². The van der Waals surface area contributed by atoms with E-state index in [4.69, 9.17) is 0 Å². The largest absolute Gasteiger partial charge is 0.352 e. The smallest absolute Gasteiger partial charge is 0.217 e. The molecule has 1 amide bonds. The van der Waals surface area contributed by atoms with Gasteiger partial charge < -0.3 is 5.32 Å². The van der Waals surface area contributed by atoms with Gasteiger partial charge in [0, 0.05) is 37.8 Å². The molecule has 0 aliphatic heterocycles. The lowest BCUT2D eigenvalue weighted by molar-refractivity contribution is -0.119. The fraction of sp³-hybridized carbons (Fsp3) is 0.316. The lowest BCUT2D eigenvalue weighted by atomic mass is 10.0. The van der Waals surface area contributed by atoms with E-state index in [1.807, 2.05) is 37.3 Å². The van der Waals surface area contributed by atoms with Crippen LogP contribution in [0.1, 0.15) is 53.7 Å². The summed E-state index contributed by atoms with van der Waals surface area (Å²) in [6.45, 7) is 4.05. The van der Waals surface area contributed by atoms with E-state index in [0.717, 1.165) is 29.5 Å². The Hall–Kier alpha value is -2.49.